The summed E-state index contributed by atoms with van der Waals surface area (Å²) in [7, 11) is -1.88. The van der Waals surface area contributed by atoms with Crippen molar-refractivity contribution in [3.05, 3.63) is 24.3 Å². The first-order chi connectivity index (χ1) is 10.1. The number of sulfonamides is 1. The van der Waals surface area contributed by atoms with Crippen LogP contribution in [-0.2, 0) is 14.8 Å². The van der Waals surface area contributed by atoms with Gasteiger partial charge in [0.1, 0.15) is 5.75 Å². The van der Waals surface area contributed by atoms with Gasteiger partial charge in [0.25, 0.3) is 0 Å². The van der Waals surface area contributed by atoms with E-state index in [1.807, 2.05) is 0 Å². The molecule has 0 amide bonds. The van der Waals surface area contributed by atoms with E-state index in [0.717, 1.165) is 0 Å². The van der Waals surface area contributed by atoms with Gasteiger partial charge in [-0.3, -0.25) is 0 Å². The van der Waals surface area contributed by atoms with E-state index >= 15 is 0 Å². The molecule has 2 rings (SSSR count). The zero-order valence-electron chi connectivity index (χ0n) is 12.2. The number of nitrogens with zero attached hydrogens (tertiary/aromatic N) is 1. The molecule has 6 nitrogen and oxygen atoms in total. The lowest BCUT2D eigenvalue weighted by Gasteiger charge is -2.31. The Morgan fingerprint density at radius 1 is 1.24 bits per heavy atom. The van der Waals surface area contributed by atoms with E-state index in [9.17, 15) is 8.42 Å². The average molecular weight is 314 g/mol. The highest BCUT2D eigenvalue weighted by Gasteiger charge is 2.29. The Morgan fingerprint density at radius 2 is 1.86 bits per heavy atom. The highest BCUT2D eigenvalue weighted by atomic mass is 32.2. The number of ether oxygens (including phenoxy) is 2. The molecule has 2 N–H and O–H groups in total. The van der Waals surface area contributed by atoms with Gasteiger partial charge in [-0.25, -0.2) is 8.42 Å². The van der Waals surface area contributed by atoms with E-state index in [1.165, 1.54) is 4.31 Å². The number of piperidine rings is 1. The molecule has 0 bridgehead atoms. The molecule has 118 valence electrons. The van der Waals surface area contributed by atoms with Gasteiger partial charge in [-0.1, -0.05) is 0 Å². The van der Waals surface area contributed by atoms with Gasteiger partial charge in [0.15, 0.2) is 0 Å². The van der Waals surface area contributed by atoms with Gasteiger partial charge in [-0.05, 0) is 37.1 Å². The molecule has 0 aromatic heterocycles. The highest BCUT2D eigenvalue weighted by molar-refractivity contribution is 7.89. The molecule has 1 heterocycles. The van der Waals surface area contributed by atoms with E-state index < -0.39 is 10.0 Å². The van der Waals surface area contributed by atoms with Crippen LogP contribution in [0.5, 0.6) is 5.75 Å². The summed E-state index contributed by atoms with van der Waals surface area (Å²) in [6, 6.07) is 6.46. The molecule has 0 atom stereocenters. The standard InChI is InChI=1S/C14H22N2O4S/c1-19-12-2-4-14(5-3-12)21(17,18)16-9-6-13(7-10-16)20-11-8-15/h2-5,13H,6-11,15H2,1H3. The van der Waals surface area contributed by atoms with Crippen LogP contribution in [0.3, 0.4) is 0 Å². The van der Waals surface area contributed by atoms with E-state index in [2.05, 4.69) is 0 Å². The van der Waals surface area contributed by atoms with Gasteiger partial charge in [-0.15, -0.1) is 0 Å². The number of rotatable bonds is 6. The fourth-order valence-corrected chi connectivity index (χ4v) is 3.84. The minimum atomic E-state index is -3.43. The predicted molar refractivity (Wildman–Crippen MR) is 79.8 cm³/mol. The smallest absolute Gasteiger partial charge is 0.243 e. The van der Waals surface area contributed by atoms with Crippen molar-refractivity contribution in [3.63, 3.8) is 0 Å². The molecule has 1 fully saturated rings. The minimum Gasteiger partial charge on any atom is -0.497 e. The summed E-state index contributed by atoms with van der Waals surface area (Å²) in [6.07, 6.45) is 1.51. The summed E-state index contributed by atoms with van der Waals surface area (Å²) in [5, 5.41) is 0. The van der Waals surface area contributed by atoms with Crippen molar-refractivity contribution < 1.29 is 17.9 Å². The number of methoxy groups -OCH3 is 1. The van der Waals surface area contributed by atoms with Crippen LogP contribution in [0.1, 0.15) is 12.8 Å². The van der Waals surface area contributed by atoms with Crippen molar-refractivity contribution in [2.75, 3.05) is 33.4 Å². The lowest BCUT2D eigenvalue weighted by atomic mass is 10.1. The number of hydrogen-bond donors (Lipinski definition) is 1. The summed E-state index contributed by atoms with van der Waals surface area (Å²) in [5.74, 6) is 0.642. The highest BCUT2D eigenvalue weighted by Crippen LogP contribution is 2.23. The summed E-state index contributed by atoms with van der Waals surface area (Å²) in [5.41, 5.74) is 5.40. The van der Waals surface area contributed by atoms with Gasteiger partial charge in [-0.2, -0.15) is 4.31 Å². The van der Waals surface area contributed by atoms with Crippen LogP contribution in [0.2, 0.25) is 0 Å². The molecule has 1 aliphatic rings. The van der Waals surface area contributed by atoms with Crippen molar-refractivity contribution in [2.45, 2.75) is 23.8 Å². The molecule has 0 radical (unpaired) electrons. The zero-order chi connectivity index (χ0) is 15.3. The van der Waals surface area contributed by atoms with Gasteiger partial charge < -0.3 is 15.2 Å². The van der Waals surface area contributed by atoms with Gasteiger partial charge in [0.05, 0.1) is 24.7 Å². The number of hydrogen-bond acceptors (Lipinski definition) is 5. The van der Waals surface area contributed by atoms with Crippen LogP contribution >= 0.6 is 0 Å². The Hall–Kier alpha value is -1.15. The van der Waals surface area contributed by atoms with Gasteiger partial charge in [0.2, 0.25) is 10.0 Å². The fourth-order valence-electron chi connectivity index (χ4n) is 2.37. The number of benzene rings is 1. The molecule has 1 saturated heterocycles. The van der Waals surface area contributed by atoms with Crippen molar-refractivity contribution in [1.82, 2.24) is 4.31 Å². The second kappa shape index (κ2) is 7.22. The summed E-state index contributed by atoms with van der Waals surface area (Å²) < 4.78 is 37.2. The summed E-state index contributed by atoms with van der Waals surface area (Å²) >= 11 is 0. The topological polar surface area (TPSA) is 81.9 Å². The van der Waals surface area contributed by atoms with E-state index in [-0.39, 0.29) is 6.10 Å². The molecule has 7 heteroatoms. The molecule has 0 aliphatic carbocycles. The molecular weight excluding hydrogens is 292 g/mol. The first-order valence-corrected chi connectivity index (χ1v) is 8.48. The molecule has 0 saturated carbocycles. The Morgan fingerprint density at radius 3 is 2.38 bits per heavy atom. The Labute approximate surface area is 125 Å². The van der Waals surface area contributed by atoms with Crippen molar-refractivity contribution in [3.8, 4) is 5.75 Å². The normalized spacial score (nSPS) is 17.8. The Kier molecular flexibility index (Phi) is 5.58. The fraction of sp³-hybridized carbons (Fsp3) is 0.571. The van der Waals surface area contributed by atoms with Crippen LogP contribution in [-0.4, -0.2) is 52.2 Å². The molecule has 21 heavy (non-hydrogen) atoms. The van der Waals surface area contributed by atoms with Crippen LogP contribution in [0.4, 0.5) is 0 Å². The lowest BCUT2D eigenvalue weighted by Crippen LogP contribution is -2.41. The monoisotopic (exact) mass is 314 g/mol. The van der Waals surface area contributed by atoms with Crippen LogP contribution in [0, 0.1) is 0 Å². The summed E-state index contributed by atoms with van der Waals surface area (Å²) in [6.45, 7) is 1.97. The molecule has 1 aliphatic heterocycles. The second-order valence-electron chi connectivity index (χ2n) is 4.94. The van der Waals surface area contributed by atoms with E-state index in [0.29, 0.717) is 49.7 Å². The maximum atomic E-state index is 12.5. The first-order valence-electron chi connectivity index (χ1n) is 7.04. The Bertz CT molecular complexity index is 537. The van der Waals surface area contributed by atoms with Gasteiger partial charge >= 0.3 is 0 Å². The third-order valence-corrected chi connectivity index (χ3v) is 5.48. The van der Waals surface area contributed by atoms with Crippen molar-refractivity contribution in [1.29, 1.82) is 0 Å². The SMILES string of the molecule is COc1ccc(S(=O)(=O)N2CCC(OCCN)CC2)cc1. The minimum absolute atomic E-state index is 0.107. The van der Waals surface area contributed by atoms with Crippen LogP contribution in [0.15, 0.2) is 29.2 Å². The van der Waals surface area contributed by atoms with Crippen molar-refractivity contribution in [2.24, 2.45) is 5.73 Å². The van der Waals surface area contributed by atoms with Crippen LogP contribution in [0.25, 0.3) is 0 Å². The third kappa shape index (κ3) is 3.94. The largest absolute Gasteiger partial charge is 0.497 e. The molecular formula is C14H22N2O4S. The summed E-state index contributed by atoms with van der Waals surface area (Å²) in [4.78, 5) is 0.296. The first kappa shape index (κ1) is 16.2. The molecule has 1 aromatic rings. The van der Waals surface area contributed by atoms with E-state index in [4.69, 9.17) is 15.2 Å². The predicted octanol–water partition coefficient (Wildman–Crippen LogP) is 0.824. The third-order valence-electron chi connectivity index (χ3n) is 3.57. The average Bonchev–Trinajstić information content (AvgIpc) is 2.53. The zero-order valence-corrected chi connectivity index (χ0v) is 13.0. The van der Waals surface area contributed by atoms with Gasteiger partial charge in [0, 0.05) is 19.6 Å². The van der Waals surface area contributed by atoms with Crippen molar-refractivity contribution >= 4 is 10.0 Å². The molecule has 1 aromatic carbocycles. The molecule has 0 spiro atoms. The van der Waals surface area contributed by atoms with E-state index in [1.54, 1.807) is 31.4 Å². The lowest BCUT2D eigenvalue weighted by molar-refractivity contribution is 0.0257. The second-order valence-corrected chi connectivity index (χ2v) is 6.88. The van der Waals surface area contributed by atoms with Crippen LogP contribution < -0.4 is 10.5 Å². The maximum absolute atomic E-state index is 12.5. The number of nitrogens with two attached hydrogens (primary N) is 1. The molecule has 0 unspecified atom stereocenters. The quantitative estimate of drug-likeness (QED) is 0.841. The maximum Gasteiger partial charge on any atom is 0.243 e. The Balaban J connectivity index is 2.00.